The number of rotatable bonds is 5. The summed E-state index contributed by atoms with van der Waals surface area (Å²) >= 11 is 0. The summed E-state index contributed by atoms with van der Waals surface area (Å²) in [5.41, 5.74) is 1.19. The fraction of sp³-hybridized carbons (Fsp3) is 0.684. The minimum Gasteiger partial charge on any atom is -0.356 e. The summed E-state index contributed by atoms with van der Waals surface area (Å²) in [5, 5.41) is 6.78. The topological polar surface area (TPSA) is 69.6 Å². The predicted molar refractivity (Wildman–Crippen MR) is 127 cm³/mol. The van der Waals surface area contributed by atoms with Crippen LogP contribution in [0, 0.1) is 6.92 Å². The van der Waals surface area contributed by atoms with Crippen molar-refractivity contribution < 1.29 is 4.21 Å². The first kappa shape index (κ1) is 24.1. The van der Waals surface area contributed by atoms with Gasteiger partial charge in [0, 0.05) is 60.2 Å². The zero-order valence-corrected chi connectivity index (χ0v) is 20.3. The standard InChI is InChI=1S/C19H33N5OS.HI/c1-15-6-7-17(22-14-15)24-11-8-16(9-12-24)23-18(20-5)21-10-13-26(25)19(2,3)4;/h6-7,14,16H,8-13H2,1-5H3,(H2,20,21,23);1H. The maximum absolute atomic E-state index is 12.1. The Hall–Kier alpha value is -0.900. The molecule has 1 atom stereocenters. The minimum absolute atomic E-state index is 0. The second-order valence-electron chi connectivity index (χ2n) is 7.76. The van der Waals surface area contributed by atoms with Crippen LogP contribution in [0.3, 0.4) is 0 Å². The molecule has 1 unspecified atom stereocenters. The highest BCUT2D eigenvalue weighted by Crippen LogP contribution is 2.18. The number of aliphatic imine (C=N–C) groups is 1. The Morgan fingerprint density at radius 3 is 2.52 bits per heavy atom. The van der Waals surface area contributed by atoms with Gasteiger partial charge in [0.05, 0.1) is 0 Å². The molecule has 1 saturated heterocycles. The maximum Gasteiger partial charge on any atom is 0.191 e. The molecule has 6 nitrogen and oxygen atoms in total. The van der Waals surface area contributed by atoms with E-state index in [0.717, 1.165) is 37.7 Å². The van der Waals surface area contributed by atoms with Crippen molar-refractivity contribution in [2.24, 2.45) is 4.99 Å². The smallest absolute Gasteiger partial charge is 0.191 e. The van der Waals surface area contributed by atoms with E-state index in [1.165, 1.54) is 5.56 Å². The largest absolute Gasteiger partial charge is 0.356 e. The summed E-state index contributed by atoms with van der Waals surface area (Å²) < 4.78 is 11.9. The zero-order valence-electron chi connectivity index (χ0n) is 17.1. The van der Waals surface area contributed by atoms with Gasteiger partial charge in [-0.2, -0.15) is 0 Å². The molecule has 1 aromatic heterocycles. The van der Waals surface area contributed by atoms with Gasteiger partial charge in [-0.25, -0.2) is 4.98 Å². The van der Waals surface area contributed by atoms with Gasteiger partial charge in [0.25, 0.3) is 0 Å². The number of hydrogen-bond acceptors (Lipinski definition) is 4. The average molecular weight is 507 g/mol. The zero-order chi connectivity index (χ0) is 19.2. The number of halogens is 1. The number of piperidine rings is 1. The second-order valence-corrected chi connectivity index (χ2v) is 10.1. The lowest BCUT2D eigenvalue weighted by Crippen LogP contribution is -2.49. The highest BCUT2D eigenvalue weighted by atomic mass is 127. The van der Waals surface area contributed by atoms with Crippen molar-refractivity contribution in [2.75, 3.05) is 37.3 Å². The molecule has 0 bridgehead atoms. The monoisotopic (exact) mass is 507 g/mol. The summed E-state index contributed by atoms with van der Waals surface area (Å²) in [7, 11) is 0.930. The molecule has 1 aliphatic heterocycles. The van der Waals surface area contributed by atoms with Crippen molar-refractivity contribution in [3.05, 3.63) is 23.9 Å². The van der Waals surface area contributed by atoms with E-state index in [-0.39, 0.29) is 28.7 Å². The van der Waals surface area contributed by atoms with Crippen molar-refractivity contribution in [3.63, 3.8) is 0 Å². The number of nitrogens with zero attached hydrogens (tertiary/aromatic N) is 3. The Morgan fingerprint density at radius 2 is 2.00 bits per heavy atom. The van der Waals surface area contributed by atoms with Crippen LogP contribution >= 0.6 is 24.0 Å². The predicted octanol–water partition coefficient (Wildman–Crippen LogP) is 2.69. The van der Waals surface area contributed by atoms with Crippen molar-refractivity contribution in [1.82, 2.24) is 15.6 Å². The third-order valence-corrected chi connectivity index (χ3v) is 6.48. The van der Waals surface area contributed by atoms with Crippen molar-refractivity contribution in [3.8, 4) is 0 Å². The van der Waals surface area contributed by atoms with E-state index in [0.29, 0.717) is 18.3 Å². The van der Waals surface area contributed by atoms with Crippen LogP contribution in [0.15, 0.2) is 23.3 Å². The molecule has 0 spiro atoms. The molecule has 2 N–H and O–H groups in total. The molecule has 2 rings (SSSR count). The number of pyridine rings is 1. The van der Waals surface area contributed by atoms with Gasteiger partial charge in [-0.3, -0.25) is 9.20 Å². The summed E-state index contributed by atoms with van der Waals surface area (Å²) in [5.74, 6) is 2.48. The molecule has 0 radical (unpaired) electrons. The molecule has 1 aliphatic rings. The van der Waals surface area contributed by atoms with E-state index in [1.54, 1.807) is 7.05 Å². The van der Waals surface area contributed by atoms with Gasteiger partial charge >= 0.3 is 0 Å². The molecule has 1 aromatic rings. The molecule has 0 aliphatic carbocycles. The lowest BCUT2D eigenvalue weighted by atomic mass is 10.1. The molecular formula is C19H34IN5OS. The number of guanidine groups is 1. The first-order chi connectivity index (χ1) is 12.3. The summed E-state index contributed by atoms with van der Waals surface area (Å²) in [6, 6.07) is 4.61. The van der Waals surface area contributed by atoms with Crippen LogP contribution in [-0.2, 0) is 10.8 Å². The molecule has 27 heavy (non-hydrogen) atoms. The van der Waals surface area contributed by atoms with Crippen LogP contribution in [0.25, 0.3) is 0 Å². The minimum atomic E-state index is -0.849. The lowest BCUT2D eigenvalue weighted by molar-refractivity contribution is 0.460. The van der Waals surface area contributed by atoms with Gasteiger partial charge in [0.2, 0.25) is 0 Å². The van der Waals surface area contributed by atoms with Crippen molar-refractivity contribution in [1.29, 1.82) is 0 Å². The average Bonchev–Trinajstić information content (AvgIpc) is 2.61. The summed E-state index contributed by atoms with van der Waals surface area (Å²) in [4.78, 5) is 11.2. The van der Waals surface area contributed by atoms with E-state index in [1.807, 2.05) is 27.0 Å². The molecule has 8 heteroatoms. The second kappa shape index (κ2) is 11.2. The first-order valence-corrected chi connectivity index (χ1v) is 10.6. The number of anilines is 1. The van der Waals surface area contributed by atoms with Gasteiger partial charge in [0.15, 0.2) is 5.96 Å². The van der Waals surface area contributed by atoms with Crippen LogP contribution in [0.4, 0.5) is 5.82 Å². The van der Waals surface area contributed by atoms with Crippen LogP contribution in [0.5, 0.6) is 0 Å². The molecular weight excluding hydrogens is 473 g/mol. The number of aryl methyl sites for hydroxylation is 1. The number of nitrogens with one attached hydrogen (secondary N) is 2. The Bertz CT molecular complexity index is 622. The van der Waals surface area contributed by atoms with E-state index in [4.69, 9.17) is 0 Å². The van der Waals surface area contributed by atoms with Gasteiger partial charge in [0.1, 0.15) is 5.82 Å². The third-order valence-electron chi connectivity index (χ3n) is 4.54. The Labute approximate surface area is 183 Å². The van der Waals surface area contributed by atoms with Crippen LogP contribution in [0.2, 0.25) is 0 Å². The molecule has 0 aromatic carbocycles. The Balaban J connectivity index is 0.00000364. The van der Waals surface area contributed by atoms with Crippen molar-refractivity contribution in [2.45, 2.75) is 51.3 Å². The van der Waals surface area contributed by atoms with Gasteiger partial charge < -0.3 is 15.5 Å². The summed E-state index contributed by atoms with van der Waals surface area (Å²) in [6.07, 6.45) is 4.02. The molecule has 0 saturated carbocycles. The van der Waals surface area contributed by atoms with Gasteiger partial charge in [-0.15, -0.1) is 24.0 Å². The lowest BCUT2D eigenvalue weighted by Gasteiger charge is -2.33. The first-order valence-electron chi connectivity index (χ1n) is 9.33. The third kappa shape index (κ3) is 7.93. The van der Waals surface area contributed by atoms with E-state index >= 15 is 0 Å². The van der Waals surface area contributed by atoms with E-state index in [9.17, 15) is 4.21 Å². The molecule has 154 valence electrons. The number of hydrogen-bond donors (Lipinski definition) is 2. The fourth-order valence-corrected chi connectivity index (χ4v) is 3.76. The van der Waals surface area contributed by atoms with E-state index < -0.39 is 10.8 Å². The molecule has 1 fully saturated rings. The van der Waals surface area contributed by atoms with Crippen LogP contribution in [-0.4, -0.2) is 58.4 Å². The van der Waals surface area contributed by atoms with Crippen LogP contribution < -0.4 is 15.5 Å². The molecule has 0 amide bonds. The molecule has 2 heterocycles. The fourth-order valence-electron chi connectivity index (χ4n) is 2.86. The van der Waals surface area contributed by atoms with Crippen molar-refractivity contribution >= 4 is 46.6 Å². The van der Waals surface area contributed by atoms with Gasteiger partial charge in [-0.05, 0) is 52.2 Å². The highest BCUT2D eigenvalue weighted by molar-refractivity contribution is 14.0. The number of aromatic nitrogens is 1. The van der Waals surface area contributed by atoms with Crippen LogP contribution in [0.1, 0.15) is 39.2 Å². The Kier molecular flexibility index (Phi) is 10.0. The normalized spacial score (nSPS) is 17.2. The van der Waals surface area contributed by atoms with E-state index in [2.05, 4.69) is 44.6 Å². The maximum atomic E-state index is 12.1. The quantitative estimate of drug-likeness (QED) is 0.365. The highest BCUT2D eigenvalue weighted by Gasteiger charge is 2.21. The van der Waals surface area contributed by atoms with Gasteiger partial charge in [-0.1, -0.05) is 6.07 Å². The SMILES string of the molecule is CN=C(NCCS(=O)C(C)(C)C)NC1CCN(c2ccc(C)cn2)CC1.I. The summed E-state index contributed by atoms with van der Waals surface area (Å²) in [6.45, 7) is 10.7. The Morgan fingerprint density at radius 1 is 1.33 bits per heavy atom.